The summed E-state index contributed by atoms with van der Waals surface area (Å²) in [5.41, 5.74) is 1.83. The van der Waals surface area contributed by atoms with Crippen LogP contribution in [0.25, 0.3) is 6.08 Å². The van der Waals surface area contributed by atoms with E-state index in [2.05, 4.69) is 14.7 Å². The minimum atomic E-state index is -3.71. The van der Waals surface area contributed by atoms with Crippen molar-refractivity contribution in [2.75, 3.05) is 4.72 Å². The zero-order valence-electron chi connectivity index (χ0n) is 11.1. The number of nitrogens with zero attached hydrogens (tertiary/aromatic N) is 1. The summed E-state index contributed by atoms with van der Waals surface area (Å²) in [6, 6.07) is 4.82. The molecule has 1 aromatic heterocycles. The van der Waals surface area contributed by atoms with Gasteiger partial charge >= 0.3 is 5.97 Å². The Hall–Kier alpha value is -2.61. The van der Waals surface area contributed by atoms with Gasteiger partial charge in [-0.2, -0.15) is 8.42 Å². The molecule has 0 spiro atoms. The SMILES string of the molecule is Cc1cc(NS(=O)(=O)c2cnc[nH]2)ccc1C=CC(=O)O. The Morgan fingerprint density at radius 1 is 1.43 bits per heavy atom. The van der Waals surface area contributed by atoms with Crippen LogP contribution in [-0.2, 0) is 14.8 Å². The predicted molar refractivity (Wildman–Crippen MR) is 77.2 cm³/mol. The number of benzene rings is 1. The molecule has 0 saturated carbocycles. The number of H-pyrrole nitrogens is 1. The van der Waals surface area contributed by atoms with Gasteiger partial charge in [0, 0.05) is 11.8 Å². The minimum Gasteiger partial charge on any atom is -0.478 e. The lowest BCUT2D eigenvalue weighted by Crippen LogP contribution is -2.13. The van der Waals surface area contributed by atoms with E-state index in [9.17, 15) is 13.2 Å². The van der Waals surface area contributed by atoms with Gasteiger partial charge in [-0.1, -0.05) is 6.07 Å². The highest BCUT2D eigenvalue weighted by Gasteiger charge is 2.15. The molecule has 1 heterocycles. The second kappa shape index (κ2) is 5.80. The smallest absolute Gasteiger partial charge is 0.328 e. The van der Waals surface area contributed by atoms with E-state index in [0.717, 1.165) is 11.6 Å². The van der Waals surface area contributed by atoms with Gasteiger partial charge in [0.25, 0.3) is 10.0 Å². The summed E-state index contributed by atoms with van der Waals surface area (Å²) in [7, 11) is -3.71. The Morgan fingerprint density at radius 3 is 2.76 bits per heavy atom. The van der Waals surface area contributed by atoms with Gasteiger partial charge in [-0.05, 0) is 36.3 Å². The molecule has 110 valence electrons. The van der Waals surface area contributed by atoms with Gasteiger partial charge in [0.15, 0.2) is 5.03 Å². The molecule has 2 aromatic rings. The lowest BCUT2D eigenvalue weighted by atomic mass is 10.1. The number of imidazole rings is 1. The highest BCUT2D eigenvalue weighted by atomic mass is 32.2. The Labute approximate surface area is 121 Å². The van der Waals surface area contributed by atoms with Crippen LogP contribution in [0.2, 0.25) is 0 Å². The van der Waals surface area contributed by atoms with Crippen molar-refractivity contribution in [2.45, 2.75) is 11.9 Å². The molecule has 0 radical (unpaired) electrons. The van der Waals surface area contributed by atoms with Crippen molar-refractivity contribution in [3.63, 3.8) is 0 Å². The van der Waals surface area contributed by atoms with Crippen molar-refractivity contribution in [2.24, 2.45) is 0 Å². The van der Waals surface area contributed by atoms with Crippen LogP contribution in [0.3, 0.4) is 0 Å². The van der Waals surface area contributed by atoms with Crippen LogP contribution in [0.4, 0.5) is 5.69 Å². The molecule has 0 atom stereocenters. The third-order valence-electron chi connectivity index (χ3n) is 2.69. The van der Waals surface area contributed by atoms with E-state index in [-0.39, 0.29) is 5.03 Å². The summed E-state index contributed by atoms with van der Waals surface area (Å²) < 4.78 is 26.4. The third kappa shape index (κ3) is 3.69. The Kier molecular flexibility index (Phi) is 4.08. The van der Waals surface area contributed by atoms with Gasteiger partial charge in [0.05, 0.1) is 12.5 Å². The molecular formula is C13H13N3O4S. The van der Waals surface area contributed by atoms with E-state index in [1.807, 2.05) is 0 Å². The predicted octanol–water partition coefficient (Wildman–Crippen LogP) is 1.62. The molecule has 0 unspecified atom stereocenters. The minimum absolute atomic E-state index is 0.0324. The van der Waals surface area contributed by atoms with Gasteiger partial charge < -0.3 is 10.1 Å². The number of carboxylic acids is 1. The Morgan fingerprint density at radius 2 is 2.19 bits per heavy atom. The summed E-state index contributed by atoms with van der Waals surface area (Å²) in [6.07, 6.45) is 4.96. The van der Waals surface area contributed by atoms with Gasteiger partial charge in [0.2, 0.25) is 0 Å². The van der Waals surface area contributed by atoms with Crippen molar-refractivity contribution < 1.29 is 18.3 Å². The zero-order valence-corrected chi connectivity index (χ0v) is 11.9. The fourth-order valence-electron chi connectivity index (χ4n) is 1.69. The largest absolute Gasteiger partial charge is 0.478 e. The fourth-order valence-corrected chi connectivity index (χ4v) is 2.64. The number of nitrogens with one attached hydrogen (secondary N) is 2. The third-order valence-corrected chi connectivity index (χ3v) is 4.00. The number of hydrogen-bond acceptors (Lipinski definition) is 4. The van der Waals surface area contributed by atoms with Gasteiger partial charge in [-0.3, -0.25) is 4.72 Å². The molecule has 0 aliphatic carbocycles. The van der Waals surface area contributed by atoms with Crippen LogP contribution in [0.15, 0.2) is 41.8 Å². The van der Waals surface area contributed by atoms with Crippen LogP contribution in [0, 0.1) is 6.92 Å². The molecule has 0 fully saturated rings. The number of rotatable bonds is 5. The molecular weight excluding hydrogens is 294 g/mol. The molecule has 0 bridgehead atoms. The quantitative estimate of drug-likeness (QED) is 0.727. The van der Waals surface area contributed by atoms with Crippen molar-refractivity contribution in [3.8, 4) is 0 Å². The van der Waals surface area contributed by atoms with Crippen LogP contribution >= 0.6 is 0 Å². The van der Waals surface area contributed by atoms with E-state index in [1.165, 1.54) is 18.6 Å². The fraction of sp³-hybridized carbons (Fsp3) is 0.0769. The Balaban J connectivity index is 2.23. The van der Waals surface area contributed by atoms with Crippen molar-refractivity contribution >= 4 is 27.8 Å². The molecule has 8 heteroatoms. The number of aromatic nitrogens is 2. The zero-order chi connectivity index (χ0) is 15.5. The second-order valence-electron chi connectivity index (χ2n) is 4.26. The lowest BCUT2D eigenvalue weighted by Gasteiger charge is -2.08. The average molecular weight is 307 g/mol. The number of aromatic amines is 1. The van der Waals surface area contributed by atoms with Crippen LogP contribution in [0.5, 0.6) is 0 Å². The molecule has 2 rings (SSSR count). The summed E-state index contributed by atoms with van der Waals surface area (Å²) in [5, 5.41) is 8.56. The van der Waals surface area contributed by atoms with E-state index in [0.29, 0.717) is 11.3 Å². The topological polar surface area (TPSA) is 112 Å². The van der Waals surface area contributed by atoms with Crippen LogP contribution < -0.4 is 4.72 Å². The normalized spacial score (nSPS) is 11.7. The maximum Gasteiger partial charge on any atom is 0.328 e. The summed E-state index contributed by atoms with van der Waals surface area (Å²) in [6.45, 7) is 1.76. The van der Waals surface area contributed by atoms with Gasteiger partial charge in [0.1, 0.15) is 0 Å². The first-order chi connectivity index (χ1) is 9.88. The highest BCUT2D eigenvalue weighted by molar-refractivity contribution is 7.92. The number of anilines is 1. The molecule has 1 aromatic carbocycles. The molecule has 21 heavy (non-hydrogen) atoms. The molecule has 0 aliphatic rings. The van der Waals surface area contributed by atoms with E-state index < -0.39 is 16.0 Å². The maximum absolute atomic E-state index is 12.0. The first-order valence-electron chi connectivity index (χ1n) is 5.91. The molecule has 0 aliphatic heterocycles. The molecule has 0 saturated heterocycles. The van der Waals surface area contributed by atoms with Crippen molar-refractivity contribution in [1.29, 1.82) is 0 Å². The first kappa shape index (κ1) is 14.8. The summed E-state index contributed by atoms with van der Waals surface area (Å²) in [4.78, 5) is 16.7. The number of sulfonamides is 1. The van der Waals surface area contributed by atoms with E-state index in [4.69, 9.17) is 5.11 Å². The molecule has 0 amide bonds. The van der Waals surface area contributed by atoms with Gasteiger partial charge in [-0.15, -0.1) is 0 Å². The molecule has 7 nitrogen and oxygen atoms in total. The standard InChI is InChI=1S/C13H13N3O4S/c1-9-6-11(4-2-10(9)3-5-13(17)18)16-21(19,20)12-7-14-8-15-12/h2-8,16H,1H3,(H,14,15)(H,17,18). The van der Waals surface area contributed by atoms with Crippen molar-refractivity contribution in [1.82, 2.24) is 9.97 Å². The van der Waals surface area contributed by atoms with Crippen LogP contribution in [-0.4, -0.2) is 29.5 Å². The van der Waals surface area contributed by atoms with E-state index in [1.54, 1.807) is 25.1 Å². The molecule has 3 N–H and O–H groups in total. The average Bonchev–Trinajstić information content (AvgIpc) is 2.91. The maximum atomic E-state index is 12.0. The lowest BCUT2D eigenvalue weighted by molar-refractivity contribution is -0.131. The number of hydrogen-bond donors (Lipinski definition) is 3. The number of aliphatic carboxylic acids is 1. The Bertz CT molecular complexity index is 780. The number of carboxylic acid groups (broad SMARTS) is 1. The number of carbonyl (C=O) groups is 1. The summed E-state index contributed by atoms with van der Waals surface area (Å²) in [5.74, 6) is -1.04. The first-order valence-corrected chi connectivity index (χ1v) is 7.39. The van der Waals surface area contributed by atoms with Crippen molar-refractivity contribution in [3.05, 3.63) is 47.9 Å². The number of aryl methyl sites for hydroxylation is 1. The van der Waals surface area contributed by atoms with Crippen LogP contribution in [0.1, 0.15) is 11.1 Å². The van der Waals surface area contributed by atoms with E-state index >= 15 is 0 Å². The summed E-state index contributed by atoms with van der Waals surface area (Å²) >= 11 is 0. The second-order valence-corrected chi connectivity index (χ2v) is 5.92. The van der Waals surface area contributed by atoms with Gasteiger partial charge in [-0.25, -0.2) is 9.78 Å². The monoisotopic (exact) mass is 307 g/mol. The highest BCUT2D eigenvalue weighted by Crippen LogP contribution is 2.19.